The lowest BCUT2D eigenvalue weighted by Crippen LogP contribution is -2.27. The van der Waals surface area contributed by atoms with Gasteiger partial charge in [-0.25, -0.2) is 0 Å². The van der Waals surface area contributed by atoms with Crippen LogP contribution >= 0.6 is 0 Å². The van der Waals surface area contributed by atoms with Gasteiger partial charge in [0.15, 0.2) is 0 Å². The van der Waals surface area contributed by atoms with E-state index in [9.17, 15) is 4.79 Å². The van der Waals surface area contributed by atoms with E-state index in [-0.39, 0.29) is 17.5 Å². The molecule has 2 rings (SSSR count). The molecule has 1 amide bonds. The van der Waals surface area contributed by atoms with Crippen LogP contribution < -0.4 is 5.32 Å². The van der Waals surface area contributed by atoms with E-state index in [4.69, 9.17) is 5.26 Å². The standard InChI is InChI=1S/C14H14N2O/c1-10(11-5-3-2-4-6-11)13(9-15)14(17)16-12-7-8-12/h2-6,12H,7-8H2,1H3,(H,16,17). The fourth-order valence-electron chi connectivity index (χ4n) is 1.62. The van der Waals surface area contributed by atoms with Gasteiger partial charge >= 0.3 is 0 Å². The minimum atomic E-state index is -0.253. The summed E-state index contributed by atoms with van der Waals surface area (Å²) in [5, 5.41) is 11.9. The van der Waals surface area contributed by atoms with E-state index in [1.165, 1.54) is 0 Å². The van der Waals surface area contributed by atoms with Crippen molar-refractivity contribution < 1.29 is 4.79 Å². The first-order valence-corrected chi connectivity index (χ1v) is 5.69. The van der Waals surface area contributed by atoms with E-state index in [2.05, 4.69) is 5.32 Å². The summed E-state index contributed by atoms with van der Waals surface area (Å²) < 4.78 is 0. The molecule has 1 saturated carbocycles. The Morgan fingerprint density at radius 3 is 2.53 bits per heavy atom. The molecule has 0 radical (unpaired) electrons. The van der Waals surface area contributed by atoms with Gasteiger partial charge in [0.2, 0.25) is 0 Å². The summed E-state index contributed by atoms with van der Waals surface area (Å²) in [6.07, 6.45) is 2.05. The number of hydrogen-bond donors (Lipinski definition) is 1. The molecule has 1 fully saturated rings. The van der Waals surface area contributed by atoms with E-state index in [1.807, 2.05) is 36.4 Å². The molecule has 1 aromatic carbocycles. The zero-order valence-electron chi connectivity index (χ0n) is 9.73. The number of benzene rings is 1. The van der Waals surface area contributed by atoms with Crippen LogP contribution in [-0.4, -0.2) is 11.9 Å². The largest absolute Gasteiger partial charge is 0.349 e. The summed E-state index contributed by atoms with van der Waals surface area (Å²) in [6.45, 7) is 1.81. The van der Waals surface area contributed by atoms with Crippen molar-refractivity contribution in [3.63, 3.8) is 0 Å². The summed E-state index contributed by atoms with van der Waals surface area (Å²) in [5.74, 6) is -0.253. The first kappa shape index (κ1) is 11.4. The van der Waals surface area contributed by atoms with Gasteiger partial charge in [-0.1, -0.05) is 30.3 Å². The fraction of sp³-hybridized carbons (Fsp3) is 0.286. The van der Waals surface area contributed by atoms with Crippen LogP contribution in [-0.2, 0) is 4.79 Å². The Hall–Kier alpha value is -2.08. The van der Waals surface area contributed by atoms with Crippen LogP contribution in [0.1, 0.15) is 25.3 Å². The number of carbonyl (C=O) groups is 1. The van der Waals surface area contributed by atoms with Crippen molar-refractivity contribution in [1.29, 1.82) is 5.26 Å². The van der Waals surface area contributed by atoms with Gasteiger partial charge in [0.1, 0.15) is 11.6 Å². The van der Waals surface area contributed by atoms with Gasteiger partial charge in [-0.3, -0.25) is 4.79 Å². The maximum atomic E-state index is 11.8. The number of rotatable bonds is 3. The maximum absolute atomic E-state index is 11.8. The summed E-state index contributed by atoms with van der Waals surface area (Å²) in [6, 6.07) is 11.8. The topological polar surface area (TPSA) is 52.9 Å². The van der Waals surface area contributed by atoms with Crippen molar-refractivity contribution >= 4 is 11.5 Å². The molecule has 86 valence electrons. The number of hydrogen-bond acceptors (Lipinski definition) is 2. The third-order valence-electron chi connectivity index (χ3n) is 2.83. The Balaban J connectivity index is 2.26. The lowest BCUT2D eigenvalue weighted by atomic mass is 10.0. The molecule has 0 spiro atoms. The Morgan fingerprint density at radius 2 is 2.00 bits per heavy atom. The van der Waals surface area contributed by atoms with Crippen molar-refractivity contribution in [1.82, 2.24) is 5.32 Å². The molecule has 1 aliphatic carbocycles. The second-order valence-corrected chi connectivity index (χ2v) is 4.23. The molecule has 0 unspecified atom stereocenters. The van der Waals surface area contributed by atoms with Crippen molar-refractivity contribution in [2.45, 2.75) is 25.8 Å². The molecule has 0 aromatic heterocycles. The van der Waals surface area contributed by atoms with Crippen molar-refractivity contribution in [3.8, 4) is 6.07 Å². The highest BCUT2D eigenvalue weighted by molar-refractivity contribution is 6.04. The normalized spacial score (nSPS) is 15.8. The number of allylic oxidation sites excluding steroid dienone is 1. The number of carbonyl (C=O) groups excluding carboxylic acids is 1. The van der Waals surface area contributed by atoms with E-state index in [0.717, 1.165) is 24.0 Å². The number of nitriles is 1. The minimum absolute atomic E-state index is 0.211. The highest BCUT2D eigenvalue weighted by Crippen LogP contribution is 2.21. The van der Waals surface area contributed by atoms with Gasteiger partial charge in [-0.15, -0.1) is 0 Å². The molecule has 3 nitrogen and oxygen atoms in total. The monoisotopic (exact) mass is 226 g/mol. The van der Waals surface area contributed by atoms with Gasteiger partial charge in [0.05, 0.1) is 0 Å². The molecule has 0 atom stereocenters. The van der Waals surface area contributed by atoms with Gasteiger partial charge in [0.25, 0.3) is 5.91 Å². The zero-order valence-corrected chi connectivity index (χ0v) is 9.73. The first-order chi connectivity index (χ1) is 8.22. The van der Waals surface area contributed by atoms with Crippen LogP contribution in [0.3, 0.4) is 0 Å². The van der Waals surface area contributed by atoms with E-state index >= 15 is 0 Å². The highest BCUT2D eigenvalue weighted by atomic mass is 16.1. The van der Waals surface area contributed by atoms with Gasteiger partial charge in [-0.05, 0) is 30.9 Å². The maximum Gasteiger partial charge on any atom is 0.262 e. The molecule has 3 heteroatoms. The summed E-state index contributed by atoms with van der Waals surface area (Å²) in [4.78, 5) is 11.8. The predicted molar refractivity (Wildman–Crippen MR) is 65.8 cm³/mol. The predicted octanol–water partition coefficient (Wildman–Crippen LogP) is 2.26. The molecule has 0 aliphatic heterocycles. The Bertz CT molecular complexity index is 493. The van der Waals surface area contributed by atoms with E-state index in [1.54, 1.807) is 6.92 Å². The van der Waals surface area contributed by atoms with E-state index in [0.29, 0.717) is 0 Å². The first-order valence-electron chi connectivity index (χ1n) is 5.69. The zero-order chi connectivity index (χ0) is 12.3. The van der Waals surface area contributed by atoms with Crippen LogP contribution in [0, 0.1) is 11.3 Å². The van der Waals surface area contributed by atoms with Gasteiger partial charge < -0.3 is 5.32 Å². The fourth-order valence-corrected chi connectivity index (χ4v) is 1.62. The molecule has 1 N–H and O–H groups in total. The van der Waals surface area contributed by atoms with Crippen molar-refractivity contribution in [2.24, 2.45) is 0 Å². The molecular formula is C14H14N2O. The SMILES string of the molecule is CC(=C(C#N)C(=O)NC1CC1)c1ccccc1. The Kier molecular flexibility index (Phi) is 3.24. The van der Waals surface area contributed by atoms with Crippen LogP contribution in [0.5, 0.6) is 0 Å². The second kappa shape index (κ2) is 4.84. The van der Waals surface area contributed by atoms with Crippen molar-refractivity contribution in [3.05, 3.63) is 41.5 Å². The minimum Gasteiger partial charge on any atom is -0.349 e. The Morgan fingerprint density at radius 1 is 1.35 bits per heavy atom. The third-order valence-corrected chi connectivity index (χ3v) is 2.83. The second-order valence-electron chi connectivity index (χ2n) is 4.23. The van der Waals surface area contributed by atoms with Gasteiger partial charge in [0, 0.05) is 6.04 Å². The molecular weight excluding hydrogens is 212 g/mol. The summed E-state index contributed by atoms with van der Waals surface area (Å²) >= 11 is 0. The molecule has 17 heavy (non-hydrogen) atoms. The lowest BCUT2D eigenvalue weighted by molar-refractivity contribution is -0.117. The molecule has 0 bridgehead atoms. The average Bonchev–Trinajstić information content (AvgIpc) is 3.15. The highest BCUT2D eigenvalue weighted by Gasteiger charge is 2.25. The smallest absolute Gasteiger partial charge is 0.262 e. The summed E-state index contributed by atoms with van der Waals surface area (Å²) in [7, 11) is 0. The number of nitrogens with one attached hydrogen (secondary N) is 1. The third kappa shape index (κ3) is 2.73. The van der Waals surface area contributed by atoms with Gasteiger partial charge in [-0.2, -0.15) is 5.26 Å². The summed E-state index contributed by atoms with van der Waals surface area (Å²) in [5.41, 5.74) is 1.85. The number of nitrogens with zero attached hydrogens (tertiary/aromatic N) is 1. The molecule has 0 heterocycles. The average molecular weight is 226 g/mol. The molecule has 1 aromatic rings. The van der Waals surface area contributed by atoms with Crippen LogP contribution in [0.2, 0.25) is 0 Å². The molecule has 0 saturated heterocycles. The Labute approximate surface area is 101 Å². The van der Waals surface area contributed by atoms with Crippen molar-refractivity contribution in [2.75, 3.05) is 0 Å². The number of amides is 1. The van der Waals surface area contributed by atoms with E-state index < -0.39 is 0 Å². The lowest BCUT2D eigenvalue weighted by Gasteiger charge is -2.06. The van der Waals surface area contributed by atoms with Crippen LogP contribution in [0.15, 0.2) is 35.9 Å². The van der Waals surface area contributed by atoms with Crippen LogP contribution in [0.4, 0.5) is 0 Å². The molecule has 1 aliphatic rings. The van der Waals surface area contributed by atoms with Crippen LogP contribution in [0.25, 0.3) is 5.57 Å². The quantitative estimate of drug-likeness (QED) is 0.635.